The normalized spacial score (nSPS) is 12.1. The first-order valence-electron chi connectivity index (χ1n) is 4.99. The zero-order valence-corrected chi connectivity index (χ0v) is 9.05. The monoisotopic (exact) mass is 206 g/mol. The Labute approximate surface area is 89.7 Å². The molecule has 2 nitrogen and oxygen atoms in total. The maximum atomic E-state index is 12.8. The van der Waals surface area contributed by atoms with Gasteiger partial charge in [0.1, 0.15) is 5.82 Å². The zero-order chi connectivity index (χ0) is 11.3. The fourth-order valence-electron chi connectivity index (χ4n) is 1.33. The van der Waals surface area contributed by atoms with Gasteiger partial charge in [0.2, 0.25) is 0 Å². The van der Waals surface area contributed by atoms with E-state index >= 15 is 0 Å². The van der Waals surface area contributed by atoms with Gasteiger partial charge in [-0.1, -0.05) is 6.07 Å². The van der Waals surface area contributed by atoms with E-state index in [2.05, 4.69) is 11.4 Å². The number of hydrogen-bond donors (Lipinski definition) is 1. The van der Waals surface area contributed by atoms with Crippen LogP contribution in [0.5, 0.6) is 0 Å². The number of hydrogen-bond acceptors (Lipinski definition) is 2. The van der Waals surface area contributed by atoms with Crippen LogP contribution in [-0.4, -0.2) is 6.54 Å². The highest BCUT2D eigenvalue weighted by Crippen LogP contribution is 2.09. The molecule has 80 valence electrons. The Morgan fingerprint density at radius 2 is 2.27 bits per heavy atom. The molecule has 0 aliphatic heterocycles. The molecule has 3 heteroatoms. The van der Waals surface area contributed by atoms with Gasteiger partial charge in [0.25, 0.3) is 0 Å². The lowest BCUT2D eigenvalue weighted by molar-refractivity contribution is 0.596. The van der Waals surface area contributed by atoms with Crippen molar-refractivity contribution in [3.8, 4) is 6.07 Å². The number of aryl methyl sites for hydroxylation is 1. The summed E-state index contributed by atoms with van der Waals surface area (Å²) in [6, 6.07) is 6.90. The molecule has 0 aliphatic carbocycles. The highest BCUT2D eigenvalue weighted by molar-refractivity contribution is 5.26. The maximum Gasteiger partial charge on any atom is 0.123 e. The standard InChI is InChI=1S/C12H15FN2/c1-9(6-14)7-15-8-11-3-4-12(13)5-10(11)2/h3-5,9,15H,7-8H2,1-2H3. The first-order chi connectivity index (χ1) is 7.13. The van der Waals surface area contributed by atoms with E-state index in [4.69, 9.17) is 5.26 Å². The van der Waals surface area contributed by atoms with Crippen molar-refractivity contribution in [3.05, 3.63) is 35.1 Å². The van der Waals surface area contributed by atoms with Crippen LogP contribution in [0.1, 0.15) is 18.1 Å². The number of benzene rings is 1. The van der Waals surface area contributed by atoms with Crippen molar-refractivity contribution in [1.82, 2.24) is 5.32 Å². The molecule has 0 saturated carbocycles. The predicted octanol–water partition coefficient (Wildman–Crippen LogP) is 2.38. The van der Waals surface area contributed by atoms with E-state index in [-0.39, 0.29) is 11.7 Å². The minimum atomic E-state index is -0.207. The molecular formula is C12H15FN2. The topological polar surface area (TPSA) is 35.8 Å². The molecule has 1 aromatic rings. The van der Waals surface area contributed by atoms with Crippen molar-refractivity contribution in [3.63, 3.8) is 0 Å². The maximum absolute atomic E-state index is 12.8. The summed E-state index contributed by atoms with van der Waals surface area (Å²) < 4.78 is 12.8. The van der Waals surface area contributed by atoms with Gasteiger partial charge in [0.15, 0.2) is 0 Å². The quantitative estimate of drug-likeness (QED) is 0.821. The number of nitriles is 1. The Morgan fingerprint density at radius 1 is 1.53 bits per heavy atom. The van der Waals surface area contributed by atoms with Crippen LogP contribution in [-0.2, 0) is 6.54 Å². The molecule has 1 aromatic carbocycles. The minimum absolute atomic E-state index is 0.00533. The average molecular weight is 206 g/mol. The van der Waals surface area contributed by atoms with E-state index in [1.54, 1.807) is 6.07 Å². The number of rotatable bonds is 4. The molecule has 0 heterocycles. The van der Waals surface area contributed by atoms with Crippen LogP contribution < -0.4 is 5.32 Å². The van der Waals surface area contributed by atoms with Crippen LogP contribution in [0.3, 0.4) is 0 Å². The first-order valence-corrected chi connectivity index (χ1v) is 4.99. The molecule has 1 rings (SSSR count). The molecule has 15 heavy (non-hydrogen) atoms. The second kappa shape index (κ2) is 5.47. The Morgan fingerprint density at radius 3 is 2.87 bits per heavy atom. The van der Waals surface area contributed by atoms with E-state index in [0.29, 0.717) is 13.1 Å². The lowest BCUT2D eigenvalue weighted by atomic mass is 10.1. The molecule has 0 amide bonds. The van der Waals surface area contributed by atoms with Gasteiger partial charge in [0, 0.05) is 13.1 Å². The fourth-order valence-corrected chi connectivity index (χ4v) is 1.33. The Bertz CT molecular complexity index is 368. The van der Waals surface area contributed by atoms with Crippen molar-refractivity contribution in [1.29, 1.82) is 5.26 Å². The molecule has 0 fully saturated rings. The minimum Gasteiger partial charge on any atom is -0.311 e. The van der Waals surface area contributed by atoms with Crippen molar-refractivity contribution in [2.24, 2.45) is 5.92 Å². The Hall–Kier alpha value is -1.40. The number of nitrogens with one attached hydrogen (secondary N) is 1. The lowest BCUT2D eigenvalue weighted by Gasteiger charge is -2.08. The molecule has 1 unspecified atom stereocenters. The van der Waals surface area contributed by atoms with Crippen LogP contribution in [0.2, 0.25) is 0 Å². The second-order valence-electron chi connectivity index (χ2n) is 3.73. The van der Waals surface area contributed by atoms with Crippen molar-refractivity contribution >= 4 is 0 Å². The van der Waals surface area contributed by atoms with Gasteiger partial charge in [-0.15, -0.1) is 0 Å². The van der Waals surface area contributed by atoms with Gasteiger partial charge in [-0.3, -0.25) is 0 Å². The third kappa shape index (κ3) is 3.69. The van der Waals surface area contributed by atoms with Crippen molar-refractivity contribution < 1.29 is 4.39 Å². The second-order valence-corrected chi connectivity index (χ2v) is 3.73. The molecule has 0 aliphatic rings. The predicted molar refractivity (Wildman–Crippen MR) is 57.6 cm³/mol. The summed E-state index contributed by atoms with van der Waals surface area (Å²) in [4.78, 5) is 0. The van der Waals surface area contributed by atoms with E-state index in [0.717, 1.165) is 11.1 Å². The van der Waals surface area contributed by atoms with Gasteiger partial charge in [-0.2, -0.15) is 5.26 Å². The molecule has 1 atom stereocenters. The summed E-state index contributed by atoms with van der Waals surface area (Å²) in [5, 5.41) is 11.8. The highest BCUT2D eigenvalue weighted by Gasteiger charge is 2.01. The summed E-state index contributed by atoms with van der Waals surface area (Å²) in [6.07, 6.45) is 0. The van der Waals surface area contributed by atoms with Crippen LogP contribution >= 0.6 is 0 Å². The summed E-state index contributed by atoms with van der Waals surface area (Å²) in [7, 11) is 0. The number of nitrogens with zero attached hydrogens (tertiary/aromatic N) is 1. The summed E-state index contributed by atoms with van der Waals surface area (Å²) in [6.45, 7) is 5.09. The molecule has 0 aromatic heterocycles. The molecule has 0 spiro atoms. The van der Waals surface area contributed by atoms with Crippen LogP contribution in [0.4, 0.5) is 4.39 Å². The van der Waals surface area contributed by atoms with Gasteiger partial charge < -0.3 is 5.32 Å². The fraction of sp³-hybridized carbons (Fsp3) is 0.417. The third-order valence-electron chi connectivity index (χ3n) is 2.29. The average Bonchev–Trinajstić information content (AvgIpc) is 2.21. The Kier molecular flexibility index (Phi) is 4.26. The third-order valence-corrected chi connectivity index (χ3v) is 2.29. The first kappa shape index (κ1) is 11.7. The van der Waals surface area contributed by atoms with E-state index in [1.807, 2.05) is 13.8 Å². The summed E-state index contributed by atoms with van der Waals surface area (Å²) in [5.41, 5.74) is 2.01. The smallest absolute Gasteiger partial charge is 0.123 e. The molecule has 0 bridgehead atoms. The van der Waals surface area contributed by atoms with Crippen LogP contribution in [0.15, 0.2) is 18.2 Å². The van der Waals surface area contributed by atoms with E-state index in [1.165, 1.54) is 12.1 Å². The molecule has 0 saturated heterocycles. The van der Waals surface area contributed by atoms with Gasteiger partial charge in [-0.05, 0) is 37.1 Å². The van der Waals surface area contributed by atoms with Crippen LogP contribution in [0, 0.1) is 30.0 Å². The summed E-state index contributed by atoms with van der Waals surface area (Å²) in [5.74, 6) is -0.201. The van der Waals surface area contributed by atoms with E-state index in [9.17, 15) is 4.39 Å². The van der Waals surface area contributed by atoms with Gasteiger partial charge in [-0.25, -0.2) is 4.39 Å². The summed E-state index contributed by atoms with van der Waals surface area (Å²) >= 11 is 0. The SMILES string of the molecule is Cc1cc(F)ccc1CNCC(C)C#N. The largest absolute Gasteiger partial charge is 0.311 e. The highest BCUT2D eigenvalue weighted by atomic mass is 19.1. The van der Waals surface area contributed by atoms with Crippen molar-refractivity contribution in [2.75, 3.05) is 6.54 Å². The van der Waals surface area contributed by atoms with Crippen molar-refractivity contribution in [2.45, 2.75) is 20.4 Å². The Balaban J connectivity index is 2.48. The van der Waals surface area contributed by atoms with Gasteiger partial charge in [0.05, 0.1) is 12.0 Å². The molecule has 1 N–H and O–H groups in total. The van der Waals surface area contributed by atoms with Gasteiger partial charge >= 0.3 is 0 Å². The number of halogens is 1. The zero-order valence-electron chi connectivity index (χ0n) is 9.05. The molecular weight excluding hydrogens is 191 g/mol. The lowest BCUT2D eigenvalue weighted by Crippen LogP contribution is -2.20. The van der Waals surface area contributed by atoms with Crippen LogP contribution in [0.25, 0.3) is 0 Å². The molecule has 0 radical (unpaired) electrons. The van der Waals surface area contributed by atoms with E-state index < -0.39 is 0 Å².